The summed E-state index contributed by atoms with van der Waals surface area (Å²) in [6.07, 6.45) is 12.0. The standard InChI is InChI=1S/C25H25N3.C6H8.C2H6/c1-16(24-5-4-12-27-24)13-19-6-8-20(9-7-19)17(2)21-10-11-25-22(14-21)23(15-26)18(3)28-25;1-6-4-2-3-5-6;1-2/h4-12,14-15,17,27-28H,1,3,13,26H2,2H3;2,4-5H,3H2,1H3;1-2H3/b23-15+;;. The summed E-state index contributed by atoms with van der Waals surface area (Å²) in [6, 6.07) is 19.4. The molecule has 4 aromatic rings. The van der Waals surface area contributed by atoms with E-state index in [9.17, 15) is 0 Å². The highest BCUT2D eigenvalue weighted by Gasteiger charge is 2.11. The van der Waals surface area contributed by atoms with Crippen molar-refractivity contribution in [3.8, 4) is 0 Å². The molecule has 1 aliphatic rings. The molecule has 0 radical (unpaired) electrons. The van der Waals surface area contributed by atoms with E-state index >= 15 is 0 Å². The van der Waals surface area contributed by atoms with Gasteiger partial charge < -0.3 is 15.7 Å². The summed E-state index contributed by atoms with van der Waals surface area (Å²) in [5.41, 5.74) is 14.3. The van der Waals surface area contributed by atoms with Crippen molar-refractivity contribution in [1.29, 1.82) is 0 Å². The van der Waals surface area contributed by atoms with Crippen molar-refractivity contribution in [1.82, 2.24) is 9.97 Å². The molecular weight excluding hydrogens is 438 g/mol. The normalized spacial score (nSPS) is 13.4. The molecule has 1 aliphatic carbocycles. The third-order valence-corrected chi connectivity index (χ3v) is 6.44. The summed E-state index contributed by atoms with van der Waals surface area (Å²) in [6.45, 7) is 16.6. The molecule has 5 rings (SSSR count). The van der Waals surface area contributed by atoms with Gasteiger partial charge in [0.25, 0.3) is 0 Å². The molecule has 4 N–H and O–H groups in total. The number of allylic oxidation sites excluding steroid dienone is 5. The zero-order chi connectivity index (χ0) is 26.1. The van der Waals surface area contributed by atoms with E-state index < -0.39 is 0 Å². The van der Waals surface area contributed by atoms with E-state index in [4.69, 9.17) is 5.73 Å². The lowest BCUT2D eigenvalue weighted by Gasteiger charge is -2.14. The van der Waals surface area contributed by atoms with Crippen LogP contribution in [0.2, 0.25) is 0 Å². The number of nitrogens with one attached hydrogen (secondary N) is 2. The number of nitrogens with two attached hydrogens (primary N) is 1. The minimum Gasteiger partial charge on any atom is -0.404 e. The molecule has 186 valence electrons. The van der Waals surface area contributed by atoms with Crippen molar-refractivity contribution in [3.63, 3.8) is 0 Å². The van der Waals surface area contributed by atoms with E-state index in [0.29, 0.717) is 5.92 Å². The summed E-state index contributed by atoms with van der Waals surface area (Å²) in [7, 11) is 0. The molecular formula is C33H39N3. The average Bonchev–Trinajstić information content (AvgIpc) is 3.66. The first-order valence-corrected chi connectivity index (χ1v) is 12.7. The smallest absolute Gasteiger partial charge is 0.0465 e. The van der Waals surface area contributed by atoms with Gasteiger partial charge in [0.05, 0.1) is 0 Å². The number of hydrogen-bond donors (Lipinski definition) is 3. The number of aromatic amines is 2. The highest BCUT2D eigenvalue weighted by atomic mass is 14.7. The van der Waals surface area contributed by atoms with E-state index in [2.05, 4.69) is 104 Å². The van der Waals surface area contributed by atoms with Crippen LogP contribution >= 0.6 is 0 Å². The molecule has 0 bridgehead atoms. The fraction of sp³-hybridized carbons (Fsp3) is 0.212. The minimum absolute atomic E-state index is 0.291. The highest BCUT2D eigenvalue weighted by Crippen LogP contribution is 2.27. The first kappa shape index (κ1) is 26.6. The van der Waals surface area contributed by atoms with Gasteiger partial charge in [0.1, 0.15) is 0 Å². The van der Waals surface area contributed by atoms with Gasteiger partial charge in [-0.15, -0.1) is 0 Å². The Morgan fingerprint density at radius 2 is 1.81 bits per heavy atom. The molecule has 2 aromatic heterocycles. The van der Waals surface area contributed by atoms with Crippen molar-refractivity contribution < 1.29 is 0 Å². The molecule has 2 aromatic carbocycles. The summed E-state index contributed by atoms with van der Waals surface area (Å²) >= 11 is 0. The molecule has 0 amide bonds. The van der Waals surface area contributed by atoms with E-state index in [1.54, 1.807) is 6.20 Å². The Labute approximate surface area is 215 Å². The fourth-order valence-corrected chi connectivity index (χ4v) is 4.33. The molecule has 2 heterocycles. The first-order chi connectivity index (χ1) is 17.5. The van der Waals surface area contributed by atoms with Crippen LogP contribution in [-0.2, 0) is 6.42 Å². The lowest BCUT2D eigenvalue weighted by Crippen LogP contribution is -2.22. The van der Waals surface area contributed by atoms with Crippen molar-refractivity contribution in [2.45, 2.75) is 46.5 Å². The minimum atomic E-state index is 0.291. The van der Waals surface area contributed by atoms with Crippen molar-refractivity contribution in [3.05, 3.63) is 124 Å². The largest absolute Gasteiger partial charge is 0.404 e. The maximum Gasteiger partial charge on any atom is 0.0465 e. The molecule has 1 unspecified atom stereocenters. The van der Waals surface area contributed by atoms with Gasteiger partial charge in [0, 0.05) is 45.5 Å². The van der Waals surface area contributed by atoms with Crippen LogP contribution in [0.25, 0.3) is 29.3 Å². The predicted molar refractivity (Wildman–Crippen MR) is 158 cm³/mol. The van der Waals surface area contributed by atoms with Crippen molar-refractivity contribution in [2.24, 2.45) is 5.73 Å². The molecule has 0 fully saturated rings. The summed E-state index contributed by atoms with van der Waals surface area (Å²) < 4.78 is 0. The second-order valence-electron chi connectivity index (χ2n) is 8.90. The van der Waals surface area contributed by atoms with Gasteiger partial charge >= 0.3 is 0 Å². The van der Waals surface area contributed by atoms with E-state index in [-0.39, 0.29) is 0 Å². The summed E-state index contributed by atoms with van der Waals surface area (Å²) in [5, 5.41) is 2.95. The Morgan fingerprint density at radius 1 is 1.08 bits per heavy atom. The van der Waals surface area contributed by atoms with Gasteiger partial charge in [-0.2, -0.15) is 0 Å². The molecule has 0 saturated heterocycles. The monoisotopic (exact) mass is 477 g/mol. The first-order valence-electron chi connectivity index (χ1n) is 12.7. The Hall–Kier alpha value is -3.98. The van der Waals surface area contributed by atoms with Gasteiger partial charge in [-0.05, 0) is 66.3 Å². The number of hydrogen-bond acceptors (Lipinski definition) is 1. The van der Waals surface area contributed by atoms with E-state index in [1.807, 2.05) is 26.1 Å². The number of benzene rings is 2. The maximum atomic E-state index is 5.80. The number of H-pyrrole nitrogens is 2. The Kier molecular flexibility index (Phi) is 9.35. The molecule has 36 heavy (non-hydrogen) atoms. The molecule has 3 nitrogen and oxygen atoms in total. The topological polar surface area (TPSA) is 57.6 Å². The second kappa shape index (κ2) is 12.6. The van der Waals surface area contributed by atoms with Crippen molar-refractivity contribution in [2.75, 3.05) is 0 Å². The van der Waals surface area contributed by atoms with Crippen LogP contribution in [0.4, 0.5) is 0 Å². The SMILES string of the molecule is C=C(Cc1ccc(C(C)c2ccc3[nH]c(=C)/c(=C\N)c3c2)cc1)c1ccc[nH]1.CC.CC1=CCC=C1. The summed E-state index contributed by atoms with van der Waals surface area (Å²) in [5.74, 6) is 0.291. The van der Waals surface area contributed by atoms with Crippen LogP contribution in [0.1, 0.15) is 62.4 Å². The molecule has 0 aliphatic heterocycles. The van der Waals surface area contributed by atoms with Gasteiger partial charge in [-0.1, -0.05) is 88.1 Å². The van der Waals surface area contributed by atoms with Crippen LogP contribution in [0, 0.1) is 0 Å². The number of rotatable bonds is 5. The predicted octanol–water partition coefficient (Wildman–Crippen LogP) is 6.93. The van der Waals surface area contributed by atoms with Gasteiger partial charge in [0.2, 0.25) is 0 Å². The third-order valence-electron chi connectivity index (χ3n) is 6.44. The highest BCUT2D eigenvalue weighted by molar-refractivity contribution is 5.82. The van der Waals surface area contributed by atoms with Gasteiger partial charge in [-0.25, -0.2) is 0 Å². The molecule has 0 saturated carbocycles. The van der Waals surface area contributed by atoms with E-state index in [0.717, 1.165) is 45.6 Å². The second-order valence-corrected chi connectivity index (χ2v) is 8.90. The lowest BCUT2D eigenvalue weighted by atomic mass is 9.91. The van der Waals surface area contributed by atoms with Crippen LogP contribution in [0.3, 0.4) is 0 Å². The molecule has 1 atom stereocenters. The van der Waals surface area contributed by atoms with Crippen molar-refractivity contribution >= 4 is 29.3 Å². The number of fused-ring (bicyclic) bond motifs is 1. The zero-order valence-corrected chi connectivity index (χ0v) is 22.1. The maximum absolute atomic E-state index is 5.80. The fourth-order valence-electron chi connectivity index (χ4n) is 4.33. The van der Waals surface area contributed by atoms with Crippen LogP contribution in [0.5, 0.6) is 0 Å². The van der Waals surface area contributed by atoms with Gasteiger partial charge in [-0.3, -0.25) is 0 Å². The van der Waals surface area contributed by atoms with Crippen LogP contribution in [-0.4, -0.2) is 9.97 Å². The molecule has 0 spiro atoms. The lowest BCUT2D eigenvalue weighted by molar-refractivity contribution is 0.923. The quantitative estimate of drug-likeness (QED) is 0.287. The van der Waals surface area contributed by atoms with Gasteiger partial charge in [0.15, 0.2) is 0 Å². The Balaban J connectivity index is 0.000000390. The van der Waals surface area contributed by atoms with Crippen LogP contribution in [0.15, 0.2) is 91.2 Å². The zero-order valence-electron chi connectivity index (χ0n) is 22.1. The summed E-state index contributed by atoms with van der Waals surface area (Å²) in [4.78, 5) is 6.50. The third kappa shape index (κ3) is 6.37. The number of aromatic nitrogens is 2. The van der Waals surface area contributed by atoms with E-state index in [1.165, 1.54) is 22.3 Å². The van der Waals surface area contributed by atoms with Crippen LogP contribution < -0.4 is 16.3 Å². The molecule has 3 heteroatoms. The Bertz CT molecular complexity index is 1440. The Morgan fingerprint density at radius 3 is 2.36 bits per heavy atom. The average molecular weight is 478 g/mol.